The second-order valence-electron chi connectivity index (χ2n) is 10.8. The maximum absolute atomic E-state index is 14.3. The number of phenols is 1. The van der Waals surface area contributed by atoms with E-state index in [2.05, 4.69) is 29.2 Å². The number of carbonyl (C=O) groups is 4. The largest absolute Gasteiger partial charge is 0.508 e. The Morgan fingerprint density at radius 3 is 2.23 bits per heavy atom. The van der Waals surface area contributed by atoms with Crippen LogP contribution < -0.4 is 10.6 Å². The number of rotatable bonds is 14. The summed E-state index contributed by atoms with van der Waals surface area (Å²) in [4.78, 5) is 53.8. The predicted octanol–water partition coefficient (Wildman–Crippen LogP) is 4.02. The summed E-state index contributed by atoms with van der Waals surface area (Å²) in [7, 11) is 1.21. The van der Waals surface area contributed by atoms with Crippen molar-refractivity contribution in [3.63, 3.8) is 0 Å². The van der Waals surface area contributed by atoms with Crippen LogP contribution in [-0.4, -0.2) is 77.2 Å². The summed E-state index contributed by atoms with van der Waals surface area (Å²) >= 11 is 1.52. The zero-order valence-electron chi connectivity index (χ0n) is 24.4. The summed E-state index contributed by atoms with van der Waals surface area (Å²) in [6.07, 6.45) is 2.79. The van der Waals surface area contributed by atoms with E-state index in [1.807, 2.05) is 13.2 Å². The molecule has 0 aliphatic heterocycles. The monoisotopic (exact) mass is 567 g/mol. The Labute approximate surface area is 236 Å². The fraction of sp³-hybridized carbons (Fsp3) is 0.643. The van der Waals surface area contributed by atoms with Crippen molar-refractivity contribution in [1.82, 2.24) is 15.5 Å². The van der Waals surface area contributed by atoms with Gasteiger partial charge in [0.15, 0.2) is 0 Å². The lowest BCUT2D eigenvalue weighted by Crippen LogP contribution is -2.56. The molecule has 0 radical (unpaired) electrons. The molecular weight excluding hydrogens is 522 g/mol. The summed E-state index contributed by atoms with van der Waals surface area (Å²) in [5.41, 5.74) is -0.571. The van der Waals surface area contributed by atoms with Crippen molar-refractivity contribution in [2.24, 2.45) is 5.92 Å². The molecule has 3 amide bonds. The third-order valence-corrected chi connectivity index (χ3v) is 6.53. The van der Waals surface area contributed by atoms with E-state index in [0.717, 1.165) is 6.42 Å². The summed E-state index contributed by atoms with van der Waals surface area (Å²) in [5.74, 6) is -1.08. The van der Waals surface area contributed by atoms with E-state index in [1.54, 1.807) is 39.0 Å². The minimum atomic E-state index is -1.28. The number of para-hydroxylation sites is 1. The molecule has 11 heteroatoms. The normalized spacial score (nSPS) is 13.7. The number of hydrogen-bond donors (Lipinski definition) is 3. The minimum absolute atomic E-state index is 0.176. The Balaban J connectivity index is 3.61. The molecule has 0 fully saturated rings. The first-order valence-corrected chi connectivity index (χ1v) is 14.5. The summed E-state index contributed by atoms with van der Waals surface area (Å²) < 4.78 is 10.1. The molecule has 0 bridgehead atoms. The van der Waals surface area contributed by atoms with Crippen molar-refractivity contribution in [1.29, 1.82) is 0 Å². The Morgan fingerprint density at radius 2 is 1.69 bits per heavy atom. The molecule has 10 nitrogen and oxygen atoms in total. The van der Waals surface area contributed by atoms with Gasteiger partial charge in [-0.2, -0.15) is 11.8 Å². The van der Waals surface area contributed by atoms with Crippen LogP contribution in [-0.2, 0) is 23.9 Å². The Hall–Kier alpha value is -2.95. The van der Waals surface area contributed by atoms with Gasteiger partial charge in [0.2, 0.25) is 11.8 Å². The van der Waals surface area contributed by atoms with Crippen LogP contribution in [0.5, 0.6) is 5.75 Å². The zero-order chi connectivity index (χ0) is 29.8. The number of esters is 1. The number of amides is 3. The van der Waals surface area contributed by atoms with Crippen LogP contribution in [0, 0.1) is 5.92 Å². The van der Waals surface area contributed by atoms with Crippen LogP contribution >= 0.6 is 11.8 Å². The van der Waals surface area contributed by atoms with Crippen molar-refractivity contribution < 1.29 is 33.8 Å². The second-order valence-corrected chi connectivity index (χ2v) is 11.8. The molecule has 0 spiro atoms. The number of methoxy groups -OCH3 is 1. The van der Waals surface area contributed by atoms with Gasteiger partial charge in [-0.05, 0) is 71.0 Å². The third-order valence-electron chi connectivity index (χ3n) is 5.88. The van der Waals surface area contributed by atoms with E-state index >= 15 is 0 Å². The highest BCUT2D eigenvalue weighted by Crippen LogP contribution is 2.32. The third kappa shape index (κ3) is 11.8. The molecule has 3 unspecified atom stereocenters. The number of nitrogens with one attached hydrogen (secondary N) is 2. The van der Waals surface area contributed by atoms with Gasteiger partial charge in [0.25, 0.3) is 0 Å². The van der Waals surface area contributed by atoms with Gasteiger partial charge in [-0.1, -0.05) is 32.0 Å². The fourth-order valence-electron chi connectivity index (χ4n) is 3.90. The average Bonchev–Trinajstić information content (AvgIpc) is 2.85. The minimum Gasteiger partial charge on any atom is -0.508 e. The van der Waals surface area contributed by atoms with Gasteiger partial charge in [0, 0.05) is 11.6 Å². The van der Waals surface area contributed by atoms with E-state index in [1.165, 1.54) is 29.8 Å². The van der Waals surface area contributed by atoms with Gasteiger partial charge in [0.1, 0.15) is 30.0 Å². The van der Waals surface area contributed by atoms with E-state index in [9.17, 15) is 24.3 Å². The van der Waals surface area contributed by atoms with Crippen LogP contribution in [0.2, 0.25) is 0 Å². The first-order chi connectivity index (χ1) is 18.2. The van der Waals surface area contributed by atoms with E-state index in [4.69, 9.17) is 4.74 Å². The lowest BCUT2D eigenvalue weighted by atomic mass is 9.96. The Kier molecular flexibility index (Phi) is 14.2. The highest BCUT2D eigenvalue weighted by molar-refractivity contribution is 7.98. The smallest absolute Gasteiger partial charge is 0.408 e. The summed E-state index contributed by atoms with van der Waals surface area (Å²) in [6, 6.07) is 3.54. The van der Waals surface area contributed by atoms with E-state index in [0.29, 0.717) is 24.5 Å². The number of aromatic hydroxyl groups is 1. The molecule has 0 aliphatic carbocycles. The Morgan fingerprint density at radius 1 is 1.05 bits per heavy atom. The molecule has 39 heavy (non-hydrogen) atoms. The van der Waals surface area contributed by atoms with Crippen LogP contribution in [0.1, 0.15) is 72.4 Å². The van der Waals surface area contributed by atoms with Crippen LogP contribution in [0.4, 0.5) is 4.79 Å². The second kappa shape index (κ2) is 16.2. The van der Waals surface area contributed by atoms with Gasteiger partial charge in [0.05, 0.1) is 7.11 Å². The number of nitrogens with zero attached hydrogens (tertiary/aromatic N) is 1. The van der Waals surface area contributed by atoms with Gasteiger partial charge < -0.3 is 30.1 Å². The number of hydrogen-bond acceptors (Lipinski definition) is 8. The molecular formula is C28H45N3O7S. The molecule has 1 rings (SSSR count). The van der Waals surface area contributed by atoms with Crippen LogP contribution in [0.3, 0.4) is 0 Å². The fourth-order valence-corrected chi connectivity index (χ4v) is 4.37. The maximum atomic E-state index is 14.3. The number of ether oxygens (including phenoxy) is 2. The number of phenolic OH excluding ortho intramolecular Hbond substituents is 1. The number of alkyl carbamates (subject to hydrolysis) is 1. The molecule has 3 N–H and O–H groups in total. The van der Waals surface area contributed by atoms with Crippen molar-refractivity contribution in [3.8, 4) is 5.75 Å². The highest BCUT2D eigenvalue weighted by atomic mass is 32.2. The van der Waals surface area contributed by atoms with Gasteiger partial charge in [-0.25, -0.2) is 4.79 Å². The SMILES string of the molecule is COC(=O)CNC(=O)C(c1ccccc1O)N(C(=O)C(CCSC)NC(=O)OC(C)(C)C)C(C)CCC(C)C. The number of carbonyl (C=O) groups excluding carboxylic acids is 4. The summed E-state index contributed by atoms with van der Waals surface area (Å²) in [5, 5.41) is 16.0. The topological polar surface area (TPSA) is 134 Å². The first kappa shape index (κ1) is 34.1. The lowest BCUT2D eigenvalue weighted by molar-refractivity contribution is -0.146. The first-order valence-electron chi connectivity index (χ1n) is 13.1. The molecule has 220 valence electrons. The lowest BCUT2D eigenvalue weighted by Gasteiger charge is -2.39. The van der Waals surface area contributed by atoms with Crippen molar-refractivity contribution in [3.05, 3.63) is 29.8 Å². The number of benzene rings is 1. The molecule has 0 saturated carbocycles. The molecule has 1 aromatic carbocycles. The molecule has 1 aromatic rings. The van der Waals surface area contributed by atoms with Crippen LogP contribution in [0.25, 0.3) is 0 Å². The molecule has 0 heterocycles. The maximum Gasteiger partial charge on any atom is 0.408 e. The van der Waals surface area contributed by atoms with Crippen molar-refractivity contribution >= 4 is 35.6 Å². The van der Waals surface area contributed by atoms with E-state index < -0.39 is 54.1 Å². The van der Waals surface area contributed by atoms with E-state index in [-0.39, 0.29) is 11.3 Å². The van der Waals surface area contributed by atoms with Crippen LogP contribution in [0.15, 0.2) is 24.3 Å². The molecule has 0 aromatic heterocycles. The van der Waals surface area contributed by atoms with Gasteiger partial charge >= 0.3 is 12.1 Å². The molecule has 0 saturated heterocycles. The summed E-state index contributed by atoms with van der Waals surface area (Å²) in [6.45, 7) is 10.7. The predicted molar refractivity (Wildman–Crippen MR) is 152 cm³/mol. The van der Waals surface area contributed by atoms with Gasteiger partial charge in [-0.3, -0.25) is 14.4 Å². The molecule has 3 atom stereocenters. The Bertz CT molecular complexity index is 965. The standard InChI is InChI=1S/C28H45N3O7S/c1-18(2)13-14-19(3)31(26(35)21(15-16-39-8)30-27(36)38-28(4,5)6)24(20-11-9-10-12-22(20)32)25(34)29-17-23(33)37-7/h9-12,18-19,21,24,32H,13-17H2,1-8H3,(H,29,34)(H,30,36). The number of thioether (sulfide) groups is 1. The van der Waals surface area contributed by atoms with Crippen molar-refractivity contribution in [2.75, 3.05) is 25.7 Å². The average molecular weight is 568 g/mol. The quantitative estimate of drug-likeness (QED) is 0.287. The van der Waals surface area contributed by atoms with Crippen molar-refractivity contribution in [2.45, 2.75) is 84.5 Å². The zero-order valence-corrected chi connectivity index (χ0v) is 25.2. The highest BCUT2D eigenvalue weighted by Gasteiger charge is 2.39. The van der Waals surface area contributed by atoms with Gasteiger partial charge in [-0.15, -0.1) is 0 Å². The molecule has 0 aliphatic rings.